The molecule has 16 heavy (non-hydrogen) atoms. The first-order valence-corrected chi connectivity index (χ1v) is 5.68. The maximum absolute atomic E-state index is 11.6. The fraction of sp³-hybridized carbons (Fsp3) is 0.818. The van der Waals surface area contributed by atoms with E-state index in [-0.39, 0.29) is 24.2 Å². The van der Waals surface area contributed by atoms with Gasteiger partial charge in [0, 0.05) is 19.5 Å². The van der Waals surface area contributed by atoms with Gasteiger partial charge >= 0.3 is 5.97 Å². The van der Waals surface area contributed by atoms with E-state index in [0.717, 1.165) is 0 Å². The fourth-order valence-electron chi connectivity index (χ4n) is 1.43. The number of rotatable bonds is 8. The summed E-state index contributed by atoms with van der Waals surface area (Å²) in [4.78, 5) is 21.8. The normalized spacial score (nSPS) is 12.5. The van der Waals surface area contributed by atoms with Crippen LogP contribution in [-0.2, 0) is 9.59 Å². The number of hydrogen-bond acceptors (Lipinski definition) is 3. The van der Waals surface area contributed by atoms with Gasteiger partial charge in [0.1, 0.15) is 0 Å². The van der Waals surface area contributed by atoms with E-state index in [2.05, 4.69) is 5.32 Å². The van der Waals surface area contributed by atoms with Crippen molar-refractivity contribution in [3.8, 4) is 0 Å². The molecule has 0 aromatic rings. The van der Waals surface area contributed by atoms with Crippen molar-refractivity contribution < 1.29 is 14.7 Å². The Balaban J connectivity index is 3.68. The molecule has 5 heteroatoms. The highest BCUT2D eigenvalue weighted by atomic mass is 16.4. The molecule has 4 N–H and O–H groups in total. The number of unbranched alkanes of at least 4 members (excludes halogenated alkanes) is 1. The van der Waals surface area contributed by atoms with Gasteiger partial charge in [-0.3, -0.25) is 9.59 Å². The van der Waals surface area contributed by atoms with E-state index in [1.54, 1.807) is 0 Å². The minimum Gasteiger partial charge on any atom is -0.481 e. The smallest absolute Gasteiger partial charge is 0.303 e. The topological polar surface area (TPSA) is 92.4 Å². The summed E-state index contributed by atoms with van der Waals surface area (Å²) >= 11 is 0. The van der Waals surface area contributed by atoms with Crippen molar-refractivity contribution in [1.29, 1.82) is 0 Å². The first-order chi connectivity index (χ1) is 7.49. The molecule has 1 unspecified atom stereocenters. The van der Waals surface area contributed by atoms with E-state index >= 15 is 0 Å². The second-order valence-corrected chi connectivity index (χ2v) is 4.23. The number of carbonyl (C=O) groups excluding carboxylic acids is 1. The minimum atomic E-state index is -0.798. The number of amides is 1. The minimum absolute atomic E-state index is 0.0344. The molecule has 0 aliphatic rings. The first-order valence-electron chi connectivity index (χ1n) is 5.68. The standard InChI is InChI=1S/C11H22N2O3/c1-8(2)9(7-12)11(16)13-6-4-3-5-10(14)15/h8-9H,3-7,12H2,1-2H3,(H,13,16)(H,14,15). The lowest BCUT2D eigenvalue weighted by Crippen LogP contribution is -2.38. The van der Waals surface area contributed by atoms with Crippen molar-refractivity contribution in [3.05, 3.63) is 0 Å². The van der Waals surface area contributed by atoms with Crippen LogP contribution in [0.4, 0.5) is 0 Å². The van der Waals surface area contributed by atoms with Gasteiger partial charge < -0.3 is 16.2 Å². The Bertz CT molecular complexity index is 229. The van der Waals surface area contributed by atoms with Crippen LogP contribution in [0, 0.1) is 11.8 Å². The van der Waals surface area contributed by atoms with E-state index < -0.39 is 5.97 Å². The Kier molecular flexibility index (Phi) is 7.54. The number of carboxylic acids is 1. The number of carboxylic acid groups (broad SMARTS) is 1. The molecule has 0 spiro atoms. The van der Waals surface area contributed by atoms with Gasteiger partial charge in [0.25, 0.3) is 0 Å². The van der Waals surface area contributed by atoms with Crippen LogP contribution in [0.15, 0.2) is 0 Å². The molecule has 0 saturated heterocycles. The Labute approximate surface area is 96.4 Å². The highest BCUT2D eigenvalue weighted by Gasteiger charge is 2.19. The number of aliphatic carboxylic acids is 1. The molecule has 0 heterocycles. The van der Waals surface area contributed by atoms with Crippen molar-refractivity contribution in [2.75, 3.05) is 13.1 Å². The number of carbonyl (C=O) groups is 2. The van der Waals surface area contributed by atoms with Crippen molar-refractivity contribution in [1.82, 2.24) is 5.32 Å². The van der Waals surface area contributed by atoms with Gasteiger partial charge in [-0.05, 0) is 18.8 Å². The molecule has 0 aromatic carbocycles. The van der Waals surface area contributed by atoms with Crippen molar-refractivity contribution in [2.45, 2.75) is 33.1 Å². The Morgan fingerprint density at radius 1 is 1.31 bits per heavy atom. The largest absolute Gasteiger partial charge is 0.481 e. The van der Waals surface area contributed by atoms with E-state index in [4.69, 9.17) is 10.8 Å². The van der Waals surface area contributed by atoms with E-state index in [1.807, 2.05) is 13.8 Å². The zero-order valence-corrected chi connectivity index (χ0v) is 10.0. The lowest BCUT2D eigenvalue weighted by Gasteiger charge is -2.18. The average molecular weight is 230 g/mol. The summed E-state index contributed by atoms with van der Waals surface area (Å²) in [6.45, 7) is 4.79. The zero-order valence-electron chi connectivity index (χ0n) is 10.0. The first kappa shape index (κ1) is 14.9. The summed E-state index contributed by atoms with van der Waals surface area (Å²) in [7, 11) is 0. The van der Waals surface area contributed by atoms with E-state index in [1.165, 1.54) is 0 Å². The molecular weight excluding hydrogens is 208 g/mol. The molecule has 1 atom stereocenters. The molecule has 0 aliphatic heterocycles. The Morgan fingerprint density at radius 2 is 1.94 bits per heavy atom. The van der Waals surface area contributed by atoms with Gasteiger partial charge in [0.2, 0.25) is 5.91 Å². The predicted octanol–water partition coefficient (Wildman–Crippen LogP) is 0.588. The molecule has 0 aliphatic carbocycles. The average Bonchev–Trinajstić information content (AvgIpc) is 2.17. The van der Waals surface area contributed by atoms with Crippen LogP contribution in [0.2, 0.25) is 0 Å². The molecule has 0 aromatic heterocycles. The number of hydrogen-bond donors (Lipinski definition) is 3. The Morgan fingerprint density at radius 3 is 2.38 bits per heavy atom. The third kappa shape index (κ3) is 6.40. The Hall–Kier alpha value is -1.10. The number of nitrogens with two attached hydrogens (primary N) is 1. The van der Waals surface area contributed by atoms with Crippen molar-refractivity contribution in [2.24, 2.45) is 17.6 Å². The lowest BCUT2D eigenvalue weighted by molar-refractivity contribution is -0.137. The fourth-order valence-corrected chi connectivity index (χ4v) is 1.43. The molecule has 0 bridgehead atoms. The molecule has 0 saturated carbocycles. The summed E-state index contributed by atoms with van der Waals surface area (Å²) < 4.78 is 0. The molecule has 94 valence electrons. The van der Waals surface area contributed by atoms with Crippen LogP contribution in [0.3, 0.4) is 0 Å². The van der Waals surface area contributed by atoms with Crippen LogP contribution in [0.1, 0.15) is 33.1 Å². The van der Waals surface area contributed by atoms with Crippen LogP contribution in [0.25, 0.3) is 0 Å². The maximum Gasteiger partial charge on any atom is 0.303 e. The van der Waals surface area contributed by atoms with E-state index in [0.29, 0.717) is 25.9 Å². The van der Waals surface area contributed by atoms with Crippen LogP contribution in [0.5, 0.6) is 0 Å². The summed E-state index contributed by atoms with van der Waals surface area (Å²) in [6.07, 6.45) is 1.43. The molecule has 0 radical (unpaired) electrons. The molecule has 0 rings (SSSR count). The van der Waals surface area contributed by atoms with Gasteiger partial charge in [0.15, 0.2) is 0 Å². The van der Waals surface area contributed by atoms with Gasteiger partial charge in [-0.2, -0.15) is 0 Å². The van der Waals surface area contributed by atoms with Gasteiger partial charge in [-0.1, -0.05) is 13.8 Å². The summed E-state index contributed by atoms with van der Waals surface area (Å²) in [5.74, 6) is -0.760. The highest BCUT2D eigenvalue weighted by Crippen LogP contribution is 2.08. The van der Waals surface area contributed by atoms with Crippen LogP contribution in [-0.4, -0.2) is 30.1 Å². The monoisotopic (exact) mass is 230 g/mol. The molecule has 1 amide bonds. The van der Waals surface area contributed by atoms with Crippen molar-refractivity contribution in [3.63, 3.8) is 0 Å². The summed E-state index contributed by atoms with van der Waals surface area (Å²) in [6, 6.07) is 0. The summed E-state index contributed by atoms with van der Waals surface area (Å²) in [5.41, 5.74) is 5.51. The zero-order chi connectivity index (χ0) is 12.6. The second-order valence-electron chi connectivity index (χ2n) is 4.23. The lowest BCUT2D eigenvalue weighted by atomic mass is 9.95. The molecule has 0 fully saturated rings. The van der Waals surface area contributed by atoms with Gasteiger partial charge in [-0.15, -0.1) is 0 Å². The van der Waals surface area contributed by atoms with Crippen LogP contribution >= 0.6 is 0 Å². The second kappa shape index (κ2) is 8.10. The molecule has 5 nitrogen and oxygen atoms in total. The third-order valence-electron chi connectivity index (χ3n) is 2.51. The van der Waals surface area contributed by atoms with E-state index in [9.17, 15) is 9.59 Å². The van der Waals surface area contributed by atoms with Crippen LogP contribution < -0.4 is 11.1 Å². The summed E-state index contributed by atoms with van der Waals surface area (Å²) in [5, 5.41) is 11.2. The van der Waals surface area contributed by atoms with Gasteiger partial charge in [-0.25, -0.2) is 0 Å². The van der Waals surface area contributed by atoms with Crippen molar-refractivity contribution >= 4 is 11.9 Å². The van der Waals surface area contributed by atoms with Gasteiger partial charge in [0.05, 0.1) is 5.92 Å². The maximum atomic E-state index is 11.6. The quantitative estimate of drug-likeness (QED) is 0.532. The highest BCUT2D eigenvalue weighted by molar-refractivity contribution is 5.79. The predicted molar refractivity (Wildman–Crippen MR) is 61.9 cm³/mol. The SMILES string of the molecule is CC(C)C(CN)C(=O)NCCCCC(=O)O. The molecular formula is C11H22N2O3. The number of nitrogens with one attached hydrogen (secondary N) is 1. The third-order valence-corrected chi connectivity index (χ3v) is 2.51.